The Morgan fingerprint density at radius 1 is 1.09 bits per heavy atom. The number of carbonyl (C=O) groups excluding carboxylic acids is 2. The smallest absolute Gasteiger partial charge is 0.367 e. The van der Waals surface area contributed by atoms with Crippen LogP contribution in [0.15, 0.2) is 34.7 Å². The van der Waals surface area contributed by atoms with E-state index in [9.17, 15) is 9.59 Å². The molecule has 2 aromatic heterocycles. The topological polar surface area (TPSA) is 73.2 Å². The molecule has 0 saturated carbocycles. The van der Waals surface area contributed by atoms with Crippen molar-refractivity contribution in [1.29, 1.82) is 0 Å². The van der Waals surface area contributed by atoms with Crippen LogP contribution >= 0.6 is 11.3 Å². The molecule has 0 aliphatic heterocycles. The molecule has 188 valence electrons. The van der Waals surface area contributed by atoms with Crippen molar-refractivity contribution in [3.63, 3.8) is 0 Å². The zero-order chi connectivity index (χ0) is 24.6. The predicted molar refractivity (Wildman–Crippen MR) is 141 cm³/mol. The first-order valence-corrected chi connectivity index (χ1v) is 13.9. The van der Waals surface area contributed by atoms with Gasteiger partial charge in [-0.15, -0.1) is 11.3 Å². The molecular weight excluding hydrogens is 458 g/mol. The number of nitrogens with one attached hydrogen (secondary N) is 1. The van der Waals surface area contributed by atoms with Crippen molar-refractivity contribution in [3.8, 4) is 11.4 Å². The first-order valence-electron chi connectivity index (χ1n) is 13.0. The molecule has 7 heteroatoms. The normalized spacial score (nSPS) is 15.9. The number of hydrogen-bond donors (Lipinski definition) is 1. The van der Waals surface area contributed by atoms with Gasteiger partial charge >= 0.3 is 5.97 Å². The summed E-state index contributed by atoms with van der Waals surface area (Å²) in [5, 5.41) is 5.35. The second kappa shape index (κ2) is 12.3. The first kappa shape index (κ1) is 25.4. The van der Waals surface area contributed by atoms with Gasteiger partial charge in [0.05, 0.1) is 23.6 Å². The van der Waals surface area contributed by atoms with Crippen molar-refractivity contribution >= 4 is 23.2 Å². The van der Waals surface area contributed by atoms with Crippen LogP contribution in [0.1, 0.15) is 97.0 Å². The van der Waals surface area contributed by atoms with Gasteiger partial charge in [-0.3, -0.25) is 4.79 Å². The summed E-state index contributed by atoms with van der Waals surface area (Å²) in [5.41, 5.74) is 6.17. The summed E-state index contributed by atoms with van der Waals surface area (Å²) in [4.78, 5) is 29.9. The monoisotopic (exact) mass is 495 g/mol. The Hall–Kier alpha value is -2.67. The average Bonchev–Trinajstić information content (AvgIpc) is 3.49. The van der Waals surface area contributed by atoms with Gasteiger partial charge in [0.2, 0.25) is 5.01 Å². The molecule has 0 radical (unpaired) electrons. The molecule has 2 aliphatic rings. The predicted octanol–water partition coefficient (Wildman–Crippen LogP) is 6.61. The quantitative estimate of drug-likeness (QED) is 0.297. The maximum absolute atomic E-state index is 13.2. The summed E-state index contributed by atoms with van der Waals surface area (Å²) in [6.45, 7) is 5.56. The number of rotatable bonds is 10. The molecule has 1 N–H and O–H groups in total. The van der Waals surface area contributed by atoms with Crippen LogP contribution in [0.2, 0.25) is 0 Å². The number of hydrogen-bond acceptors (Lipinski definition) is 5. The number of thiazole rings is 1. The zero-order valence-corrected chi connectivity index (χ0v) is 21.8. The molecule has 4 rings (SSSR count). The van der Waals surface area contributed by atoms with Crippen molar-refractivity contribution in [1.82, 2.24) is 14.9 Å². The van der Waals surface area contributed by atoms with Crippen molar-refractivity contribution in [2.75, 3.05) is 13.2 Å². The highest BCUT2D eigenvalue weighted by atomic mass is 32.1. The van der Waals surface area contributed by atoms with Crippen LogP contribution in [0.5, 0.6) is 0 Å². The average molecular weight is 496 g/mol. The molecule has 0 saturated heterocycles. The fourth-order valence-electron chi connectivity index (χ4n) is 5.00. The molecule has 0 fully saturated rings. The molecule has 0 spiro atoms. The number of nitrogens with zero attached hydrogens (tertiary/aromatic N) is 2. The van der Waals surface area contributed by atoms with Gasteiger partial charge in [-0.25, -0.2) is 9.78 Å². The van der Waals surface area contributed by atoms with Gasteiger partial charge in [-0.2, -0.15) is 0 Å². The Bertz CT molecular complexity index is 1110. The van der Waals surface area contributed by atoms with Crippen LogP contribution in [-0.4, -0.2) is 34.6 Å². The summed E-state index contributed by atoms with van der Waals surface area (Å²) >= 11 is 1.28. The fourth-order valence-corrected chi connectivity index (χ4v) is 5.71. The Morgan fingerprint density at radius 3 is 2.46 bits per heavy atom. The second-order valence-corrected chi connectivity index (χ2v) is 10.3. The van der Waals surface area contributed by atoms with Crippen LogP contribution in [0, 0.1) is 6.92 Å². The molecular formula is C28H37N3O3S. The number of esters is 1. The van der Waals surface area contributed by atoms with E-state index in [1.165, 1.54) is 48.2 Å². The molecule has 2 aromatic rings. The van der Waals surface area contributed by atoms with Crippen LogP contribution in [0.25, 0.3) is 11.4 Å². The maximum atomic E-state index is 13.2. The van der Waals surface area contributed by atoms with E-state index in [0.717, 1.165) is 56.5 Å². The van der Waals surface area contributed by atoms with Gasteiger partial charge < -0.3 is 14.6 Å². The minimum Gasteiger partial charge on any atom is -0.461 e. The SMILES string of the molecule is CCOC(=O)c1nc(-c2cc(C(=O)NCCC3=CCCCC3)c(C)n2CCC2=CCCCC2)cs1. The molecule has 0 unspecified atom stereocenters. The second-order valence-electron chi connectivity index (χ2n) is 9.41. The molecule has 35 heavy (non-hydrogen) atoms. The summed E-state index contributed by atoms with van der Waals surface area (Å²) in [6, 6.07) is 1.93. The molecule has 0 atom stereocenters. The Labute approximate surface area is 212 Å². The van der Waals surface area contributed by atoms with E-state index < -0.39 is 5.97 Å². The van der Waals surface area contributed by atoms with E-state index in [1.54, 1.807) is 6.92 Å². The van der Waals surface area contributed by atoms with Gasteiger partial charge in [-0.1, -0.05) is 23.3 Å². The molecule has 0 aromatic carbocycles. The molecule has 0 bridgehead atoms. The number of amides is 1. The zero-order valence-electron chi connectivity index (χ0n) is 21.0. The van der Waals surface area contributed by atoms with Gasteiger partial charge in [0.15, 0.2) is 0 Å². The fraction of sp³-hybridized carbons (Fsp3) is 0.536. The van der Waals surface area contributed by atoms with Crippen molar-refractivity contribution in [3.05, 3.63) is 51.0 Å². The lowest BCUT2D eigenvalue weighted by molar-refractivity contribution is 0.0526. The van der Waals surface area contributed by atoms with Gasteiger partial charge in [0, 0.05) is 24.2 Å². The third-order valence-electron chi connectivity index (χ3n) is 6.99. The summed E-state index contributed by atoms with van der Waals surface area (Å²) in [7, 11) is 0. The van der Waals surface area contributed by atoms with Crippen LogP contribution in [-0.2, 0) is 11.3 Å². The largest absolute Gasteiger partial charge is 0.461 e. The first-order chi connectivity index (χ1) is 17.1. The van der Waals surface area contributed by atoms with E-state index >= 15 is 0 Å². The third kappa shape index (κ3) is 6.51. The Morgan fingerprint density at radius 2 is 1.80 bits per heavy atom. The summed E-state index contributed by atoms with van der Waals surface area (Å²) < 4.78 is 7.31. The van der Waals surface area contributed by atoms with Crippen LogP contribution in [0.3, 0.4) is 0 Å². The summed E-state index contributed by atoms with van der Waals surface area (Å²) in [5.74, 6) is -0.447. The number of ether oxygens (including phenoxy) is 1. The molecule has 6 nitrogen and oxygen atoms in total. The Kier molecular flexibility index (Phi) is 8.96. The molecule has 1 amide bonds. The van der Waals surface area contributed by atoms with E-state index in [2.05, 4.69) is 27.0 Å². The number of carbonyl (C=O) groups is 2. The lowest BCUT2D eigenvalue weighted by Gasteiger charge is -2.16. The van der Waals surface area contributed by atoms with Crippen molar-refractivity contribution in [2.45, 2.75) is 84.6 Å². The Balaban J connectivity index is 1.54. The minimum absolute atomic E-state index is 0.0448. The minimum atomic E-state index is -0.402. The van der Waals surface area contributed by atoms with Crippen molar-refractivity contribution in [2.24, 2.45) is 0 Å². The molecule has 2 heterocycles. The van der Waals surface area contributed by atoms with Crippen LogP contribution < -0.4 is 5.32 Å². The van der Waals surface area contributed by atoms with Gasteiger partial charge in [0.25, 0.3) is 5.91 Å². The standard InChI is InChI=1S/C28H37N3O3S/c1-3-34-28(33)27-30-24(19-35-27)25-18-23(26(32)29-16-14-21-10-6-4-7-11-21)20(2)31(25)17-15-22-12-8-5-9-13-22/h10,12,18-19H,3-9,11,13-17H2,1-2H3,(H,29,32). The highest BCUT2D eigenvalue weighted by molar-refractivity contribution is 7.11. The number of allylic oxidation sites excluding steroid dienone is 3. The number of aromatic nitrogens is 2. The van der Waals surface area contributed by atoms with E-state index in [-0.39, 0.29) is 5.91 Å². The molecule has 2 aliphatic carbocycles. The van der Waals surface area contributed by atoms with Gasteiger partial charge in [-0.05, 0) is 84.1 Å². The summed E-state index contributed by atoms with van der Waals surface area (Å²) in [6.07, 6.45) is 16.3. The van der Waals surface area contributed by atoms with E-state index in [0.29, 0.717) is 29.4 Å². The van der Waals surface area contributed by atoms with E-state index in [1.807, 2.05) is 18.4 Å². The van der Waals surface area contributed by atoms with Crippen molar-refractivity contribution < 1.29 is 14.3 Å². The maximum Gasteiger partial charge on any atom is 0.367 e. The lowest BCUT2D eigenvalue weighted by Crippen LogP contribution is -2.25. The van der Waals surface area contributed by atoms with E-state index in [4.69, 9.17) is 4.74 Å². The highest BCUT2D eigenvalue weighted by Crippen LogP contribution is 2.30. The third-order valence-corrected chi connectivity index (χ3v) is 7.81. The van der Waals surface area contributed by atoms with Crippen LogP contribution in [0.4, 0.5) is 0 Å². The highest BCUT2D eigenvalue weighted by Gasteiger charge is 2.22. The lowest BCUT2D eigenvalue weighted by atomic mass is 9.97. The van der Waals surface area contributed by atoms with Gasteiger partial charge in [0.1, 0.15) is 0 Å².